The van der Waals surface area contributed by atoms with Gasteiger partial charge in [-0.2, -0.15) is 0 Å². The number of amidine groups is 1. The third-order valence-corrected chi connectivity index (χ3v) is 1.16. The molecule has 0 aromatic carbocycles. The fourth-order valence-corrected chi connectivity index (χ4v) is 0.604. The van der Waals surface area contributed by atoms with Crippen LogP contribution in [-0.4, -0.2) is 24.1 Å². The number of nitrogens with two attached hydrogens (primary N) is 1. The SMILES string of the molecule is C/C=C/CCNC/C(N)=N/O. The van der Waals surface area contributed by atoms with Gasteiger partial charge in [-0.25, -0.2) is 0 Å². The minimum Gasteiger partial charge on any atom is -0.409 e. The second kappa shape index (κ2) is 7.08. The summed E-state index contributed by atoms with van der Waals surface area (Å²) in [7, 11) is 0. The average Bonchev–Trinajstić information content (AvgIpc) is 2.04. The second-order valence-corrected chi connectivity index (χ2v) is 2.13. The molecular formula is C7H15N3O. The maximum atomic E-state index is 8.15. The zero-order valence-corrected chi connectivity index (χ0v) is 6.75. The summed E-state index contributed by atoms with van der Waals surface area (Å²) < 4.78 is 0. The first kappa shape index (κ1) is 9.97. The van der Waals surface area contributed by atoms with Crippen molar-refractivity contribution >= 4 is 5.84 Å². The molecule has 0 aliphatic heterocycles. The van der Waals surface area contributed by atoms with Gasteiger partial charge in [0.2, 0.25) is 0 Å². The van der Waals surface area contributed by atoms with Gasteiger partial charge in [0.05, 0.1) is 6.54 Å². The van der Waals surface area contributed by atoms with E-state index in [1.807, 2.05) is 13.0 Å². The maximum absolute atomic E-state index is 8.15. The number of nitrogens with zero attached hydrogens (tertiary/aromatic N) is 1. The van der Waals surface area contributed by atoms with Gasteiger partial charge in [0.15, 0.2) is 5.84 Å². The van der Waals surface area contributed by atoms with E-state index in [1.165, 1.54) is 0 Å². The lowest BCUT2D eigenvalue weighted by molar-refractivity contribution is 0.317. The molecule has 0 spiro atoms. The standard InChI is InChI=1S/C7H15N3O/c1-2-3-4-5-9-6-7(8)10-11/h2-3,9,11H,4-6H2,1H3,(H2,8,10)/b3-2+. The summed E-state index contributed by atoms with van der Waals surface area (Å²) in [5.74, 6) is 0.213. The first-order valence-electron chi connectivity index (χ1n) is 3.59. The lowest BCUT2D eigenvalue weighted by Gasteiger charge is -1.99. The third-order valence-electron chi connectivity index (χ3n) is 1.16. The molecule has 0 bridgehead atoms. The molecule has 0 rings (SSSR count). The van der Waals surface area contributed by atoms with Crippen LogP contribution in [0.3, 0.4) is 0 Å². The van der Waals surface area contributed by atoms with Gasteiger partial charge in [0.25, 0.3) is 0 Å². The smallest absolute Gasteiger partial charge is 0.153 e. The van der Waals surface area contributed by atoms with E-state index in [1.54, 1.807) is 0 Å². The van der Waals surface area contributed by atoms with Crippen molar-refractivity contribution in [2.75, 3.05) is 13.1 Å². The number of allylic oxidation sites excluding steroid dienone is 1. The molecule has 0 aromatic rings. The van der Waals surface area contributed by atoms with Crippen LogP contribution in [0.2, 0.25) is 0 Å². The number of rotatable bonds is 5. The van der Waals surface area contributed by atoms with E-state index in [2.05, 4.69) is 16.5 Å². The van der Waals surface area contributed by atoms with Gasteiger partial charge in [-0.15, -0.1) is 0 Å². The highest BCUT2D eigenvalue weighted by Gasteiger charge is 1.89. The number of hydrogen-bond acceptors (Lipinski definition) is 3. The van der Waals surface area contributed by atoms with Crippen molar-refractivity contribution < 1.29 is 5.21 Å². The van der Waals surface area contributed by atoms with Crippen LogP contribution < -0.4 is 11.1 Å². The van der Waals surface area contributed by atoms with Crippen molar-refractivity contribution in [2.24, 2.45) is 10.9 Å². The predicted molar refractivity (Wildman–Crippen MR) is 45.7 cm³/mol. The van der Waals surface area contributed by atoms with Gasteiger partial charge in [-0.1, -0.05) is 17.3 Å². The zero-order valence-electron chi connectivity index (χ0n) is 6.75. The molecule has 0 aliphatic rings. The molecule has 0 aliphatic carbocycles. The first-order chi connectivity index (χ1) is 5.31. The summed E-state index contributed by atoms with van der Waals surface area (Å²) in [4.78, 5) is 0. The van der Waals surface area contributed by atoms with Gasteiger partial charge in [-0.3, -0.25) is 0 Å². The molecule has 11 heavy (non-hydrogen) atoms. The molecule has 4 N–H and O–H groups in total. The average molecular weight is 157 g/mol. The molecular weight excluding hydrogens is 142 g/mol. The molecule has 0 fully saturated rings. The Balaban J connectivity index is 3.15. The fourth-order valence-electron chi connectivity index (χ4n) is 0.604. The Labute approximate surface area is 66.8 Å². The van der Waals surface area contributed by atoms with Crippen molar-refractivity contribution in [3.8, 4) is 0 Å². The molecule has 64 valence electrons. The molecule has 0 atom stereocenters. The molecule has 0 unspecified atom stereocenters. The monoisotopic (exact) mass is 157 g/mol. The van der Waals surface area contributed by atoms with Crippen molar-refractivity contribution in [1.29, 1.82) is 0 Å². The van der Waals surface area contributed by atoms with Gasteiger partial charge in [0.1, 0.15) is 0 Å². The normalized spacial score (nSPS) is 12.6. The topological polar surface area (TPSA) is 70.6 Å². The molecule has 0 aromatic heterocycles. The summed E-state index contributed by atoms with van der Waals surface area (Å²) in [5.41, 5.74) is 5.21. The van der Waals surface area contributed by atoms with E-state index in [0.717, 1.165) is 13.0 Å². The highest BCUT2D eigenvalue weighted by molar-refractivity contribution is 5.81. The predicted octanol–water partition coefficient (Wildman–Crippen LogP) is 0.289. The third kappa shape index (κ3) is 6.86. The highest BCUT2D eigenvalue weighted by atomic mass is 16.4. The Bertz CT molecular complexity index is 143. The quantitative estimate of drug-likeness (QED) is 0.134. The van der Waals surface area contributed by atoms with E-state index in [9.17, 15) is 0 Å². The van der Waals surface area contributed by atoms with Crippen molar-refractivity contribution in [2.45, 2.75) is 13.3 Å². The molecule has 0 amide bonds. The Morgan fingerprint density at radius 3 is 3.00 bits per heavy atom. The molecule has 0 saturated heterocycles. The van der Waals surface area contributed by atoms with Crippen LogP contribution in [0.5, 0.6) is 0 Å². The lowest BCUT2D eigenvalue weighted by Crippen LogP contribution is -2.29. The zero-order chi connectivity index (χ0) is 8.53. The Morgan fingerprint density at radius 2 is 2.45 bits per heavy atom. The Kier molecular flexibility index (Phi) is 6.42. The van der Waals surface area contributed by atoms with E-state index in [4.69, 9.17) is 10.9 Å². The number of nitrogens with one attached hydrogen (secondary N) is 1. The van der Waals surface area contributed by atoms with Crippen LogP contribution >= 0.6 is 0 Å². The molecule has 4 nitrogen and oxygen atoms in total. The van der Waals surface area contributed by atoms with Gasteiger partial charge < -0.3 is 16.3 Å². The van der Waals surface area contributed by atoms with E-state index >= 15 is 0 Å². The second-order valence-electron chi connectivity index (χ2n) is 2.13. The van der Waals surface area contributed by atoms with E-state index in [0.29, 0.717) is 6.54 Å². The minimum absolute atomic E-state index is 0.213. The van der Waals surface area contributed by atoms with Crippen molar-refractivity contribution in [3.63, 3.8) is 0 Å². The van der Waals surface area contributed by atoms with Crippen molar-refractivity contribution in [1.82, 2.24) is 5.32 Å². The van der Waals surface area contributed by atoms with Crippen LogP contribution in [0.1, 0.15) is 13.3 Å². The molecule has 4 heteroatoms. The number of oxime groups is 1. The van der Waals surface area contributed by atoms with Gasteiger partial charge >= 0.3 is 0 Å². The van der Waals surface area contributed by atoms with Gasteiger partial charge in [0, 0.05) is 0 Å². The lowest BCUT2D eigenvalue weighted by atomic mass is 10.4. The number of hydrogen-bond donors (Lipinski definition) is 3. The molecule has 0 heterocycles. The Hall–Kier alpha value is -1.03. The summed E-state index contributed by atoms with van der Waals surface area (Å²) in [5, 5.41) is 14.0. The minimum atomic E-state index is 0.213. The van der Waals surface area contributed by atoms with E-state index in [-0.39, 0.29) is 5.84 Å². The Morgan fingerprint density at radius 1 is 1.73 bits per heavy atom. The van der Waals surface area contributed by atoms with Crippen molar-refractivity contribution in [3.05, 3.63) is 12.2 Å². The summed E-state index contributed by atoms with van der Waals surface area (Å²) in [6.45, 7) is 3.26. The summed E-state index contributed by atoms with van der Waals surface area (Å²) in [6.07, 6.45) is 5.01. The summed E-state index contributed by atoms with van der Waals surface area (Å²) in [6, 6.07) is 0. The fraction of sp³-hybridized carbons (Fsp3) is 0.571. The maximum Gasteiger partial charge on any atom is 0.153 e. The van der Waals surface area contributed by atoms with Crippen LogP contribution in [0.4, 0.5) is 0 Å². The van der Waals surface area contributed by atoms with E-state index < -0.39 is 0 Å². The first-order valence-corrected chi connectivity index (χ1v) is 3.59. The van der Waals surface area contributed by atoms with Crippen LogP contribution in [0, 0.1) is 0 Å². The molecule has 0 saturated carbocycles. The van der Waals surface area contributed by atoms with Crippen LogP contribution in [0.15, 0.2) is 17.3 Å². The summed E-state index contributed by atoms with van der Waals surface area (Å²) >= 11 is 0. The van der Waals surface area contributed by atoms with Crippen LogP contribution in [0.25, 0.3) is 0 Å². The molecule has 0 radical (unpaired) electrons. The van der Waals surface area contributed by atoms with Gasteiger partial charge in [-0.05, 0) is 19.9 Å². The highest BCUT2D eigenvalue weighted by Crippen LogP contribution is 1.78. The van der Waals surface area contributed by atoms with Crippen LogP contribution in [-0.2, 0) is 0 Å². The largest absolute Gasteiger partial charge is 0.409 e.